The number of fused-ring (bicyclic) bond motifs is 1. The van der Waals surface area contributed by atoms with Gasteiger partial charge in [0.25, 0.3) is 5.91 Å². The van der Waals surface area contributed by atoms with E-state index in [9.17, 15) is 9.59 Å². The summed E-state index contributed by atoms with van der Waals surface area (Å²) < 4.78 is 5.61. The highest BCUT2D eigenvalue weighted by molar-refractivity contribution is 5.96. The predicted octanol–water partition coefficient (Wildman–Crippen LogP) is 7.23. The molecule has 42 heavy (non-hydrogen) atoms. The van der Waals surface area contributed by atoms with E-state index >= 15 is 0 Å². The number of H-pyrrole nitrogens is 1. The van der Waals surface area contributed by atoms with Crippen LogP contribution >= 0.6 is 0 Å². The second-order valence-electron chi connectivity index (χ2n) is 12.4. The first-order valence-corrected chi connectivity index (χ1v) is 15.0. The van der Waals surface area contributed by atoms with Crippen LogP contribution in [0.25, 0.3) is 10.9 Å². The number of carbonyl (C=O) groups excluding carboxylic acids is 2. The zero-order valence-electron chi connectivity index (χ0n) is 25.9. The van der Waals surface area contributed by atoms with Crippen molar-refractivity contribution in [3.05, 3.63) is 101 Å². The summed E-state index contributed by atoms with van der Waals surface area (Å²) in [5.74, 6) is 0.852. The Bertz CT molecular complexity index is 1460. The van der Waals surface area contributed by atoms with Gasteiger partial charge in [-0.15, -0.1) is 0 Å². The molecule has 0 atom stereocenters. The zero-order chi connectivity index (χ0) is 30.3. The van der Waals surface area contributed by atoms with Gasteiger partial charge in [0.2, 0.25) is 5.91 Å². The molecule has 6 nitrogen and oxygen atoms in total. The Hall–Kier alpha value is -4.06. The van der Waals surface area contributed by atoms with Gasteiger partial charge in [-0.1, -0.05) is 77.1 Å². The maximum absolute atomic E-state index is 14.0. The largest absolute Gasteiger partial charge is 0.494 e. The van der Waals surface area contributed by atoms with Crippen molar-refractivity contribution in [3.8, 4) is 5.75 Å². The summed E-state index contributed by atoms with van der Waals surface area (Å²) in [6, 6.07) is 23.9. The molecule has 1 heterocycles. The second-order valence-corrected chi connectivity index (χ2v) is 12.4. The van der Waals surface area contributed by atoms with Crippen LogP contribution in [0, 0.1) is 5.92 Å². The van der Waals surface area contributed by atoms with Gasteiger partial charge >= 0.3 is 0 Å². The van der Waals surface area contributed by atoms with Crippen molar-refractivity contribution in [1.82, 2.24) is 14.8 Å². The van der Waals surface area contributed by atoms with E-state index in [4.69, 9.17) is 4.74 Å². The number of carbonyl (C=O) groups is 2. The summed E-state index contributed by atoms with van der Waals surface area (Å²) in [6.45, 7) is 14.7. The third-order valence-electron chi connectivity index (χ3n) is 7.48. The molecule has 4 rings (SSSR count). The fourth-order valence-electron chi connectivity index (χ4n) is 5.18. The third kappa shape index (κ3) is 8.03. The first-order chi connectivity index (χ1) is 20.0. The van der Waals surface area contributed by atoms with Crippen molar-refractivity contribution in [3.63, 3.8) is 0 Å². The number of ether oxygens (including phenoxy) is 1. The molecule has 0 saturated carbocycles. The lowest BCUT2D eigenvalue weighted by Crippen LogP contribution is -2.44. The predicted molar refractivity (Wildman–Crippen MR) is 171 cm³/mol. The molecule has 4 aromatic rings. The van der Waals surface area contributed by atoms with Gasteiger partial charge in [0.05, 0.1) is 6.61 Å². The molecule has 0 saturated heterocycles. The molecule has 0 bridgehead atoms. The van der Waals surface area contributed by atoms with Crippen molar-refractivity contribution < 1.29 is 14.3 Å². The van der Waals surface area contributed by atoms with Gasteiger partial charge in [-0.25, -0.2) is 0 Å². The fourth-order valence-corrected chi connectivity index (χ4v) is 5.18. The van der Waals surface area contributed by atoms with Crippen LogP contribution in [0.1, 0.15) is 68.6 Å². The zero-order valence-corrected chi connectivity index (χ0v) is 25.9. The molecule has 222 valence electrons. The van der Waals surface area contributed by atoms with E-state index in [1.54, 1.807) is 4.90 Å². The van der Waals surface area contributed by atoms with Crippen LogP contribution in [0.2, 0.25) is 0 Å². The molecule has 0 fully saturated rings. The average molecular weight is 568 g/mol. The Kier molecular flexibility index (Phi) is 10.1. The van der Waals surface area contributed by atoms with Crippen molar-refractivity contribution in [2.45, 2.75) is 59.9 Å². The van der Waals surface area contributed by atoms with Gasteiger partial charge < -0.3 is 19.5 Å². The minimum Gasteiger partial charge on any atom is -0.494 e. The van der Waals surface area contributed by atoms with Crippen molar-refractivity contribution in [1.29, 1.82) is 0 Å². The van der Waals surface area contributed by atoms with E-state index in [1.165, 1.54) is 16.5 Å². The summed E-state index contributed by atoms with van der Waals surface area (Å²) in [5, 5.41) is 1.17. The number of nitrogens with zero attached hydrogens (tertiary/aromatic N) is 2. The molecule has 1 aromatic heterocycles. The average Bonchev–Trinajstić information content (AvgIpc) is 3.38. The molecular formula is C36H45N3O3. The molecule has 3 aromatic carbocycles. The number of hydrogen-bond acceptors (Lipinski definition) is 3. The maximum Gasteiger partial charge on any atom is 0.254 e. The van der Waals surface area contributed by atoms with Gasteiger partial charge in [-0.3, -0.25) is 9.59 Å². The van der Waals surface area contributed by atoms with E-state index < -0.39 is 0 Å². The van der Waals surface area contributed by atoms with Crippen LogP contribution in [0.3, 0.4) is 0 Å². The molecule has 0 unspecified atom stereocenters. The Morgan fingerprint density at radius 2 is 1.60 bits per heavy atom. The Labute approximate surface area is 250 Å². The number of aromatic amines is 1. The summed E-state index contributed by atoms with van der Waals surface area (Å²) in [6.07, 6.45) is 2.74. The first kappa shape index (κ1) is 30.9. The second kappa shape index (κ2) is 13.7. The fraction of sp³-hybridized carbons (Fsp3) is 0.389. The lowest BCUT2D eigenvalue weighted by Gasteiger charge is -2.29. The maximum atomic E-state index is 14.0. The van der Waals surface area contributed by atoms with Gasteiger partial charge in [0, 0.05) is 42.3 Å². The first-order valence-electron chi connectivity index (χ1n) is 15.0. The lowest BCUT2D eigenvalue weighted by atomic mass is 9.86. The molecule has 0 aliphatic carbocycles. The summed E-state index contributed by atoms with van der Waals surface area (Å²) in [5.41, 5.74) is 5.05. The highest BCUT2D eigenvalue weighted by atomic mass is 16.5. The van der Waals surface area contributed by atoms with E-state index in [1.807, 2.05) is 78.7 Å². The third-order valence-corrected chi connectivity index (χ3v) is 7.48. The smallest absolute Gasteiger partial charge is 0.254 e. The molecule has 6 heteroatoms. The van der Waals surface area contributed by atoms with Crippen molar-refractivity contribution >= 4 is 22.7 Å². The molecule has 0 spiro atoms. The van der Waals surface area contributed by atoms with E-state index in [0.717, 1.165) is 16.8 Å². The van der Waals surface area contributed by atoms with E-state index in [-0.39, 0.29) is 29.7 Å². The number of amides is 2. The molecule has 0 aliphatic rings. The van der Waals surface area contributed by atoms with Crippen LogP contribution < -0.4 is 4.74 Å². The number of benzene rings is 3. The van der Waals surface area contributed by atoms with Crippen molar-refractivity contribution in [2.75, 3.05) is 26.2 Å². The van der Waals surface area contributed by atoms with Crippen LogP contribution in [0.15, 0.2) is 79.0 Å². The normalized spacial score (nSPS) is 11.6. The number of hydrogen-bond donors (Lipinski definition) is 1. The van der Waals surface area contributed by atoms with Gasteiger partial charge in [-0.05, 0) is 71.7 Å². The Morgan fingerprint density at radius 3 is 2.24 bits per heavy atom. The van der Waals surface area contributed by atoms with Crippen LogP contribution in [0.5, 0.6) is 5.75 Å². The van der Waals surface area contributed by atoms with Gasteiger partial charge in [0.15, 0.2) is 0 Å². The molecule has 0 radical (unpaired) electrons. The molecule has 0 aliphatic heterocycles. The highest BCUT2D eigenvalue weighted by Crippen LogP contribution is 2.23. The lowest BCUT2D eigenvalue weighted by molar-refractivity contribution is -0.132. The standard InChI is InChI=1S/C36H45N3O3/c1-7-42-31-18-12-27(13-19-31)24-38(21-20-29-22-37-33-11-9-8-10-32(29)33)34(40)25-39(23-26(2)3)35(41)28-14-16-30(17-15-28)36(4,5)6/h8-19,22,26,37H,7,20-21,23-25H2,1-6H3. The Balaban J connectivity index is 1.55. The number of nitrogens with one attached hydrogen (secondary N) is 1. The molecule has 2 amide bonds. The highest BCUT2D eigenvalue weighted by Gasteiger charge is 2.24. The minimum atomic E-state index is -0.116. The molecular weight excluding hydrogens is 522 g/mol. The quantitative estimate of drug-likeness (QED) is 0.196. The summed E-state index contributed by atoms with van der Waals surface area (Å²) in [4.78, 5) is 34.6. The van der Waals surface area contributed by atoms with E-state index in [2.05, 4.69) is 51.7 Å². The topological polar surface area (TPSA) is 65.6 Å². The number of para-hydroxylation sites is 1. The monoisotopic (exact) mass is 567 g/mol. The Morgan fingerprint density at radius 1 is 0.905 bits per heavy atom. The summed E-state index contributed by atoms with van der Waals surface area (Å²) in [7, 11) is 0. The van der Waals surface area contributed by atoms with Crippen molar-refractivity contribution in [2.24, 2.45) is 5.92 Å². The number of aromatic nitrogens is 1. The van der Waals surface area contributed by atoms with Crippen LogP contribution in [0.4, 0.5) is 0 Å². The molecule has 1 N–H and O–H groups in total. The van der Waals surface area contributed by atoms with E-state index in [0.29, 0.717) is 38.2 Å². The van der Waals surface area contributed by atoms with Crippen LogP contribution in [-0.4, -0.2) is 52.8 Å². The minimum absolute atomic E-state index is 0.00131. The van der Waals surface area contributed by atoms with Crippen LogP contribution in [-0.2, 0) is 23.2 Å². The summed E-state index contributed by atoms with van der Waals surface area (Å²) >= 11 is 0. The SMILES string of the molecule is CCOc1ccc(CN(CCc2c[nH]c3ccccc23)C(=O)CN(CC(C)C)C(=O)c2ccc(C(C)(C)C)cc2)cc1. The van der Waals surface area contributed by atoms with Gasteiger partial charge in [-0.2, -0.15) is 0 Å². The van der Waals surface area contributed by atoms with Gasteiger partial charge in [0.1, 0.15) is 12.3 Å². The number of rotatable bonds is 12.